The molecule has 2 heterocycles. The highest BCUT2D eigenvalue weighted by Crippen LogP contribution is 2.28. The van der Waals surface area contributed by atoms with Crippen molar-refractivity contribution in [1.82, 2.24) is 19.4 Å². The lowest BCUT2D eigenvalue weighted by Gasteiger charge is -2.14. The van der Waals surface area contributed by atoms with E-state index in [-0.39, 0.29) is 17.2 Å². The molecule has 0 atom stereocenters. The first kappa shape index (κ1) is 21.8. The second-order valence-electron chi connectivity index (χ2n) is 7.14. The van der Waals surface area contributed by atoms with Gasteiger partial charge in [0.2, 0.25) is 5.91 Å². The zero-order valence-corrected chi connectivity index (χ0v) is 18.3. The minimum Gasteiger partial charge on any atom is -0.355 e. The Morgan fingerprint density at radius 2 is 1.83 bits per heavy atom. The van der Waals surface area contributed by atoms with E-state index in [1.807, 2.05) is 37.3 Å². The van der Waals surface area contributed by atoms with E-state index in [0.717, 1.165) is 34.3 Å². The van der Waals surface area contributed by atoms with E-state index in [0.29, 0.717) is 17.6 Å². The number of rotatable bonds is 8. The molecule has 1 N–H and O–H groups in total. The molecule has 0 saturated carbocycles. The van der Waals surface area contributed by atoms with E-state index in [4.69, 9.17) is 0 Å². The maximum absolute atomic E-state index is 12.8. The Morgan fingerprint density at radius 3 is 2.53 bits per heavy atom. The van der Waals surface area contributed by atoms with Gasteiger partial charge < -0.3 is 5.32 Å². The predicted octanol–water partition coefficient (Wildman–Crippen LogP) is 2.04. The van der Waals surface area contributed by atoms with E-state index in [9.17, 15) is 14.4 Å². The van der Waals surface area contributed by atoms with Crippen LogP contribution < -0.4 is 16.6 Å². The van der Waals surface area contributed by atoms with Gasteiger partial charge in [-0.2, -0.15) is 0 Å². The van der Waals surface area contributed by atoms with Gasteiger partial charge in [-0.15, -0.1) is 11.8 Å². The fourth-order valence-corrected chi connectivity index (χ4v) is 4.37. The largest absolute Gasteiger partial charge is 0.355 e. The molecule has 8 heteroatoms. The molecule has 0 spiro atoms. The molecule has 0 fully saturated rings. The molecule has 7 nitrogen and oxygen atoms in total. The Kier molecular flexibility index (Phi) is 7.10. The summed E-state index contributed by atoms with van der Waals surface area (Å²) < 4.78 is 2.46. The summed E-state index contributed by atoms with van der Waals surface area (Å²) >= 11 is 1.33. The number of nitrogens with zero attached hydrogens (tertiary/aromatic N) is 3. The highest BCUT2D eigenvalue weighted by molar-refractivity contribution is 8.00. The third-order valence-corrected chi connectivity index (χ3v) is 6.10. The summed E-state index contributed by atoms with van der Waals surface area (Å²) in [4.78, 5) is 42.6. The Bertz CT molecular complexity index is 1170. The van der Waals surface area contributed by atoms with Gasteiger partial charge in [0.05, 0.1) is 11.1 Å². The first-order valence-electron chi connectivity index (χ1n) is 9.95. The molecule has 158 valence electrons. The number of hydrogen-bond acceptors (Lipinski definition) is 5. The Hall–Kier alpha value is -2.87. The molecule has 0 unspecified atom stereocenters. The van der Waals surface area contributed by atoms with Crippen molar-refractivity contribution in [2.45, 2.75) is 31.1 Å². The van der Waals surface area contributed by atoms with Gasteiger partial charge >= 0.3 is 5.69 Å². The van der Waals surface area contributed by atoms with Crippen LogP contribution in [0.5, 0.6) is 0 Å². The average molecular weight is 427 g/mol. The minimum absolute atomic E-state index is 0.0926. The number of aromatic nitrogens is 3. The summed E-state index contributed by atoms with van der Waals surface area (Å²) in [7, 11) is 3.06. The normalized spacial score (nSPS) is 11.0. The Labute approximate surface area is 179 Å². The lowest BCUT2D eigenvalue weighted by molar-refractivity contribution is -0.118. The van der Waals surface area contributed by atoms with Gasteiger partial charge in [0.25, 0.3) is 5.56 Å². The number of aryl methyl sites for hydroxylation is 2. The lowest BCUT2D eigenvalue weighted by Crippen LogP contribution is -2.37. The molecule has 3 rings (SSSR count). The second-order valence-corrected chi connectivity index (χ2v) is 8.13. The molecule has 1 aromatic carbocycles. The summed E-state index contributed by atoms with van der Waals surface area (Å²) in [6.07, 6.45) is 4.10. The van der Waals surface area contributed by atoms with Crippen LogP contribution in [0.2, 0.25) is 0 Å². The van der Waals surface area contributed by atoms with Crippen LogP contribution in [0.4, 0.5) is 0 Å². The molecule has 2 aromatic heterocycles. The molecule has 0 aliphatic carbocycles. The first-order valence-corrected chi connectivity index (χ1v) is 10.9. The third kappa shape index (κ3) is 4.64. The van der Waals surface area contributed by atoms with E-state index >= 15 is 0 Å². The van der Waals surface area contributed by atoms with E-state index in [1.54, 1.807) is 13.2 Å². The van der Waals surface area contributed by atoms with Gasteiger partial charge in [-0.05, 0) is 24.0 Å². The number of benzene rings is 1. The number of fused-ring (bicyclic) bond motifs is 1. The monoisotopic (exact) mass is 426 g/mol. The van der Waals surface area contributed by atoms with E-state index in [2.05, 4.69) is 10.3 Å². The third-order valence-electron chi connectivity index (χ3n) is 4.94. The summed E-state index contributed by atoms with van der Waals surface area (Å²) in [6.45, 7) is 2.60. The first-order chi connectivity index (χ1) is 14.4. The molecule has 0 bridgehead atoms. The highest BCUT2D eigenvalue weighted by Gasteiger charge is 2.18. The van der Waals surface area contributed by atoms with Crippen LogP contribution in [-0.4, -0.2) is 32.3 Å². The van der Waals surface area contributed by atoms with Gasteiger partial charge in [0.1, 0.15) is 5.65 Å². The molecule has 30 heavy (non-hydrogen) atoms. The van der Waals surface area contributed by atoms with Gasteiger partial charge in [-0.25, -0.2) is 9.78 Å². The van der Waals surface area contributed by atoms with Crippen molar-refractivity contribution < 1.29 is 4.79 Å². The summed E-state index contributed by atoms with van der Waals surface area (Å²) in [5.74, 6) is 0.0985. The van der Waals surface area contributed by atoms with Crippen molar-refractivity contribution in [3.8, 4) is 0 Å². The topological polar surface area (TPSA) is 86.0 Å². The number of carbonyl (C=O) groups excluding carboxylic acids is 1. The van der Waals surface area contributed by atoms with Crippen molar-refractivity contribution >= 4 is 28.7 Å². The molecular formula is C22H26N4O3S. The van der Waals surface area contributed by atoms with Crippen molar-refractivity contribution in [2.75, 3.05) is 12.3 Å². The number of carbonyl (C=O) groups is 1. The SMILES string of the molecule is CCCc1cnc2c(c1SCC(=O)NCCc1ccccc1)c(=O)n(C)c(=O)n2C. The van der Waals surface area contributed by atoms with Crippen LogP contribution >= 0.6 is 11.8 Å². The minimum atomic E-state index is -0.419. The quantitative estimate of drug-likeness (QED) is 0.557. The van der Waals surface area contributed by atoms with E-state index < -0.39 is 5.69 Å². The molecule has 0 aliphatic heterocycles. The summed E-state index contributed by atoms with van der Waals surface area (Å²) in [5, 5.41) is 3.33. The fraction of sp³-hybridized carbons (Fsp3) is 0.364. The second kappa shape index (κ2) is 9.75. The van der Waals surface area contributed by atoms with Gasteiger partial charge in [0.15, 0.2) is 0 Å². The van der Waals surface area contributed by atoms with Crippen LogP contribution in [-0.2, 0) is 31.7 Å². The zero-order valence-electron chi connectivity index (χ0n) is 17.5. The van der Waals surface area contributed by atoms with Crippen molar-refractivity contribution in [3.63, 3.8) is 0 Å². The maximum Gasteiger partial charge on any atom is 0.332 e. The predicted molar refractivity (Wildman–Crippen MR) is 120 cm³/mol. The molecule has 1 amide bonds. The average Bonchev–Trinajstić information content (AvgIpc) is 2.76. The maximum atomic E-state index is 12.8. The van der Waals surface area contributed by atoms with Crippen LogP contribution in [0.3, 0.4) is 0 Å². The Morgan fingerprint density at radius 1 is 1.10 bits per heavy atom. The molecule has 0 radical (unpaired) electrons. The number of nitrogens with one attached hydrogen (secondary N) is 1. The fourth-order valence-electron chi connectivity index (χ4n) is 3.33. The van der Waals surface area contributed by atoms with Crippen molar-refractivity contribution in [1.29, 1.82) is 0 Å². The lowest BCUT2D eigenvalue weighted by atomic mass is 10.1. The van der Waals surface area contributed by atoms with Gasteiger partial charge in [-0.1, -0.05) is 43.7 Å². The number of pyridine rings is 1. The van der Waals surface area contributed by atoms with Crippen LogP contribution in [0, 0.1) is 0 Å². The smallest absolute Gasteiger partial charge is 0.332 e. The molecule has 0 aliphatic rings. The molecule has 0 saturated heterocycles. The van der Waals surface area contributed by atoms with Gasteiger partial charge in [-0.3, -0.25) is 18.7 Å². The molecular weight excluding hydrogens is 400 g/mol. The number of thioether (sulfide) groups is 1. The van der Waals surface area contributed by atoms with Crippen LogP contribution in [0.1, 0.15) is 24.5 Å². The summed E-state index contributed by atoms with van der Waals surface area (Å²) in [5.41, 5.74) is 1.63. The summed E-state index contributed by atoms with van der Waals surface area (Å²) in [6, 6.07) is 9.98. The number of amides is 1. The van der Waals surface area contributed by atoms with Crippen LogP contribution in [0.25, 0.3) is 11.0 Å². The van der Waals surface area contributed by atoms with Crippen LogP contribution in [0.15, 0.2) is 51.0 Å². The molecule has 3 aromatic rings. The van der Waals surface area contributed by atoms with Crippen molar-refractivity contribution in [2.24, 2.45) is 14.1 Å². The van der Waals surface area contributed by atoms with Gasteiger partial charge in [0, 0.05) is 31.7 Å². The Balaban J connectivity index is 1.81. The standard InChI is InChI=1S/C22H26N4O3S/c1-4-8-16-13-24-20-18(21(28)26(3)22(29)25(20)2)19(16)30-14-17(27)23-12-11-15-9-6-5-7-10-15/h5-7,9-10,13H,4,8,11-12,14H2,1-3H3,(H,23,27). The highest BCUT2D eigenvalue weighted by atomic mass is 32.2. The van der Waals surface area contributed by atoms with Crippen molar-refractivity contribution in [3.05, 3.63) is 68.5 Å². The zero-order chi connectivity index (χ0) is 21.7. The number of hydrogen-bond donors (Lipinski definition) is 1. The van der Waals surface area contributed by atoms with E-state index in [1.165, 1.54) is 28.9 Å².